The maximum Gasteiger partial charge on any atom is 0.326 e. The van der Waals surface area contributed by atoms with Gasteiger partial charge in [-0.2, -0.15) is 0 Å². The van der Waals surface area contributed by atoms with Crippen molar-refractivity contribution in [1.82, 2.24) is 30.9 Å². The molecule has 4 amide bonds. The lowest BCUT2D eigenvalue weighted by atomic mass is 10.0. The van der Waals surface area contributed by atoms with E-state index in [1.807, 2.05) is 0 Å². The van der Waals surface area contributed by atoms with Crippen molar-refractivity contribution >= 4 is 46.5 Å². The molecular formula is C25H30N8O8. The van der Waals surface area contributed by atoms with E-state index >= 15 is 0 Å². The molecule has 4 atom stereocenters. The van der Waals surface area contributed by atoms with Crippen molar-refractivity contribution in [2.24, 2.45) is 11.5 Å². The number of fused-ring (bicyclic) bond motifs is 1. The fourth-order valence-corrected chi connectivity index (χ4v) is 4.06. The minimum atomic E-state index is -1.60. The van der Waals surface area contributed by atoms with Gasteiger partial charge in [-0.25, -0.2) is 9.78 Å². The molecule has 0 saturated carbocycles. The zero-order chi connectivity index (χ0) is 30.1. The zero-order valence-electron chi connectivity index (χ0n) is 21.6. The number of H-pyrrole nitrogens is 2. The molecule has 3 rings (SSSR count). The Hall–Kier alpha value is -5.25. The van der Waals surface area contributed by atoms with Crippen LogP contribution in [-0.2, 0) is 41.6 Å². The van der Waals surface area contributed by atoms with Gasteiger partial charge in [0.1, 0.15) is 18.1 Å². The summed E-state index contributed by atoms with van der Waals surface area (Å²) in [4.78, 5) is 83.1. The second kappa shape index (κ2) is 13.7. The van der Waals surface area contributed by atoms with Gasteiger partial charge in [0.05, 0.1) is 25.2 Å². The molecule has 2 heterocycles. The number of carbonyl (C=O) groups excluding carboxylic acids is 4. The first kappa shape index (κ1) is 30.3. The van der Waals surface area contributed by atoms with E-state index in [-0.39, 0.29) is 12.8 Å². The van der Waals surface area contributed by atoms with Crippen molar-refractivity contribution in [1.29, 1.82) is 0 Å². The van der Waals surface area contributed by atoms with Crippen molar-refractivity contribution in [3.05, 3.63) is 54.2 Å². The van der Waals surface area contributed by atoms with Crippen molar-refractivity contribution in [3.63, 3.8) is 0 Å². The lowest BCUT2D eigenvalue weighted by molar-refractivity contribution is -0.142. The quantitative estimate of drug-likeness (QED) is 0.0959. The summed E-state index contributed by atoms with van der Waals surface area (Å²) in [5.41, 5.74) is 12.6. The first-order valence-corrected chi connectivity index (χ1v) is 12.4. The van der Waals surface area contributed by atoms with Gasteiger partial charge in [0.15, 0.2) is 0 Å². The number of nitrogens with zero attached hydrogens (tertiary/aromatic N) is 1. The number of hydrogen-bond donors (Lipinski definition) is 9. The highest BCUT2D eigenvalue weighted by atomic mass is 16.4. The number of hydrogen-bond acceptors (Lipinski definition) is 8. The standard InChI is InChI=1S/C25H30N8O8/c26-15(7-21(35)36)22(37)31-18(8-20(27)34)24(39)32-17(5-12-9-29-16-4-2-1-3-14(12)16)23(38)33-19(25(40)41)6-13-10-28-11-30-13/h1-4,9-11,15,17-19,29H,5-8,26H2,(H2,27,34)(H,28,30)(H,31,37)(H,32,39)(H,33,38)(H,35,36)(H,40,41). The van der Waals surface area contributed by atoms with Gasteiger partial charge in [0.2, 0.25) is 23.6 Å². The summed E-state index contributed by atoms with van der Waals surface area (Å²) in [6.07, 6.45) is 2.73. The van der Waals surface area contributed by atoms with Crippen LogP contribution in [0.4, 0.5) is 0 Å². The topological polar surface area (TPSA) is 275 Å². The molecule has 0 aliphatic carbocycles. The summed E-state index contributed by atoms with van der Waals surface area (Å²) in [5, 5.41) is 26.4. The van der Waals surface area contributed by atoms with E-state index in [0.29, 0.717) is 11.3 Å². The third-order valence-corrected chi connectivity index (χ3v) is 6.10. The molecule has 0 aliphatic heterocycles. The number of primary amides is 1. The van der Waals surface area contributed by atoms with Gasteiger partial charge >= 0.3 is 11.9 Å². The van der Waals surface area contributed by atoms with Crippen molar-refractivity contribution in [3.8, 4) is 0 Å². The lowest BCUT2D eigenvalue weighted by Crippen LogP contribution is -2.58. The number of carbonyl (C=O) groups is 6. The summed E-state index contributed by atoms with van der Waals surface area (Å²) >= 11 is 0. The van der Waals surface area contributed by atoms with Gasteiger partial charge in [-0.15, -0.1) is 0 Å². The Morgan fingerprint density at radius 1 is 0.854 bits per heavy atom. The Balaban J connectivity index is 1.86. The Kier molecular flexibility index (Phi) is 10.1. The van der Waals surface area contributed by atoms with Crippen LogP contribution >= 0.6 is 0 Å². The van der Waals surface area contributed by atoms with Crippen LogP contribution in [0, 0.1) is 0 Å². The number of nitrogens with two attached hydrogens (primary N) is 2. The van der Waals surface area contributed by atoms with Gasteiger partial charge in [-0.05, 0) is 11.6 Å². The van der Waals surface area contributed by atoms with Crippen molar-refractivity contribution < 1.29 is 39.0 Å². The molecule has 0 spiro atoms. The van der Waals surface area contributed by atoms with E-state index in [4.69, 9.17) is 16.6 Å². The largest absolute Gasteiger partial charge is 0.481 e. The van der Waals surface area contributed by atoms with E-state index in [2.05, 4.69) is 30.9 Å². The number of carboxylic acid groups (broad SMARTS) is 2. The minimum absolute atomic E-state index is 0.103. The number of imidazole rings is 1. The van der Waals surface area contributed by atoms with E-state index in [1.54, 1.807) is 30.5 Å². The van der Waals surface area contributed by atoms with Crippen LogP contribution in [0.15, 0.2) is 43.0 Å². The van der Waals surface area contributed by atoms with Crippen LogP contribution in [-0.4, -0.2) is 84.9 Å². The smallest absolute Gasteiger partial charge is 0.326 e. The molecule has 41 heavy (non-hydrogen) atoms. The van der Waals surface area contributed by atoms with E-state index in [9.17, 15) is 33.9 Å². The molecule has 16 nitrogen and oxygen atoms in total. The first-order chi connectivity index (χ1) is 19.4. The second-order valence-corrected chi connectivity index (χ2v) is 9.24. The predicted octanol–water partition coefficient (Wildman–Crippen LogP) is -2.11. The molecule has 0 fully saturated rings. The van der Waals surface area contributed by atoms with Crippen molar-refractivity contribution in [2.75, 3.05) is 0 Å². The van der Waals surface area contributed by atoms with Crippen molar-refractivity contribution in [2.45, 2.75) is 49.9 Å². The molecule has 2 aromatic heterocycles. The Bertz CT molecular complexity index is 1420. The number of aliphatic carboxylic acids is 2. The Labute approximate surface area is 232 Å². The molecule has 11 N–H and O–H groups in total. The maximum absolute atomic E-state index is 13.4. The van der Waals surface area contributed by atoms with Crippen LogP contribution in [0.5, 0.6) is 0 Å². The number of benzene rings is 1. The number of amides is 4. The summed E-state index contributed by atoms with van der Waals surface area (Å²) in [6, 6.07) is 1.28. The molecular weight excluding hydrogens is 540 g/mol. The van der Waals surface area contributed by atoms with Crippen LogP contribution in [0.25, 0.3) is 10.9 Å². The number of carboxylic acids is 2. The summed E-state index contributed by atoms with van der Waals surface area (Å²) in [7, 11) is 0. The molecule has 0 saturated heterocycles. The average molecular weight is 571 g/mol. The highest BCUT2D eigenvalue weighted by Gasteiger charge is 2.32. The van der Waals surface area contributed by atoms with E-state index in [0.717, 1.165) is 10.9 Å². The molecule has 1 aromatic carbocycles. The van der Waals surface area contributed by atoms with Crippen LogP contribution < -0.4 is 27.4 Å². The fraction of sp³-hybridized carbons (Fsp3) is 0.320. The fourth-order valence-electron chi connectivity index (χ4n) is 4.06. The van der Waals surface area contributed by atoms with Gasteiger partial charge in [-0.1, -0.05) is 18.2 Å². The van der Waals surface area contributed by atoms with Crippen LogP contribution in [0.2, 0.25) is 0 Å². The number of aromatic amines is 2. The molecule has 3 aromatic rings. The van der Waals surface area contributed by atoms with Gasteiger partial charge < -0.3 is 47.6 Å². The summed E-state index contributed by atoms with van der Waals surface area (Å²) < 4.78 is 0. The second-order valence-electron chi connectivity index (χ2n) is 9.24. The van der Waals surface area contributed by atoms with Gasteiger partial charge in [0, 0.05) is 41.8 Å². The monoisotopic (exact) mass is 570 g/mol. The highest BCUT2D eigenvalue weighted by Crippen LogP contribution is 2.19. The molecule has 0 bridgehead atoms. The lowest BCUT2D eigenvalue weighted by Gasteiger charge is -2.24. The van der Waals surface area contributed by atoms with Crippen LogP contribution in [0.1, 0.15) is 24.1 Å². The molecule has 0 aliphatic rings. The minimum Gasteiger partial charge on any atom is -0.481 e. The third-order valence-electron chi connectivity index (χ3n) is 6.10. The normalized spacial score (nSPS) is 13.9. The third kappa shape index (κ3) is 8.62. The van der Waals surface area contributed by atoms with Gasteiger partial charge in [-0.3, -0.25) is 24.0 Å². The Morgan fingerprint density at radius 3 is 2.15 bits per heavy atom. The molecule has 218 valence electrons. The van der Waals surface area contributed by atoms with Crippen LogP contribution in [0.3, 0.4) is 0 Å². The molecule has 16 heteroatoms. The number of para-hydroxylation sites is 1. The van der Waals surface area contributed by atoms with E-state index < -0.39 is 72.6 Å². The SMILES string of the molecule is NC(=O)CC(NC(=O)C(N)CC(=O)O)C(=O)NC(Cc1c[nH]c2ccccc12)C(=O)NC(Cc1cnc[nH]1)C(=O)O. The zero-order valence-corrected chi connectivity index (χ0v) is 21.6. The summed E-state index contributed by atoms with van der Waals surface area (Å²) in [5.74, 6) is -6.56. The number of nitrogens with one attached hydrogen (secondary N) is 5. The summed E-state index contributed by atoms with van der Waals surface area (Å²) in [6.45, 7) is 0. The maximum atomic E-state index is 13.4. The Morgan fingerprint density at radius 2 is 1.51 bits per heavy atom. The average Bonchev–Trinajstić information content (AvgIpc) is 3.56. The van der Waals surface area contributed by atoms with E-state index in [1.165, 1.54) is 12.5 Å². The number of rotatable bonds is 15. The number of aromatic nitrogens is 3. The predicted molar refractivity (Wildman–Crippen MR) is 142 cm³/mol. The first-order valence-electron chi connectivity index (χ1n) is 12.4. The highest BCUT2D eigenvalue weighted by molar-refractivity contribution is 5.97. The molecule has 4 unspecified atom stereocenters. The molecule has 0 radical (unpaired) electrons. The van der Waals surface area contributed by atoms with Gasteiger partial charge in [0.25, 0.3) is 0 Å².